The van der Waals surface area contributed by atoms with E-state index < -0.39 is 0 Å². The van der Waals surface area contributed by atoms with Crippen LogP contribution in [0, 0.1) is 6.92 Å². The average Bonchev–Trinajstić information content (AvgIpc) is 2.42. The van der Waals surface area contributed by atoms with Crippen LogP contribution in [0.1, 0.15) is 24.0 Å². The molecule has 2 rings (SSSR count). The third kappa shape index (κ3) is 3.61. The fraction of sp³-hybridized carbons (Fsp3) is 0.500. The van der Waals surface area contributed by atoms with Crippen molar-refractivity contribution in [3.8, 4) is 11.5 Å². The molecule has 0 unspecified atom stereocenters. The van der Waals surface area contributed by atoms with Crippen LogP contribution < -0.4 is 14.8 Å². The molecule has 0 bridgehead atoms. The summed E-state index contributed by atoms with van der Waals surface area (Å²) >= 11 is 0. The van der Waals surface area contributed by atoms with Gasteiger partial charge in [-0.3, -0.25) is 4.79 Å². The van der Waals surface area contributed by atoms with Gasteiger partial charge >= 0.3 is 0 Å². The lowest BCUT2D eigenvalue weighted by molar-refractivity contribution is -0.121. The van der Waals surface area contributed by atoms with Crippen molar-refractivity contribution in [3.63, 3.8) is 0 Å². The molecule has 1 heterocycles. The lowest BCUT2D eigenvalue weighted by Gasteiger charge is -2.20. The van der Waals surface area contributed by atoms with Gasteiger partial charge in [-0.15, -0.1) is 0 Å². The second kappa shape index (κ2) is 6.43. The van der Waals surface area contributed by atoms with Crippen LogP contribution in [0.3, 0.4) is 0 Å². The number of carbonyl (C=O) groups excluding carboxylic acids is 1. The summed E-state index contributed by atoms with van der Waals surface area (Å²) in [4.78, 5) is 11.5. The molecule has 19 heavy (non-hydrogen) atoms. The van der Waals surface area contributed by atoms with Crippen LogP contribution in [-0.4, -0.2) is 30.8 Å². The van der Waals surface area contributed by atoms with E-state index in [-0.39, 0.29) is 12.5 Å². The number of nitrogens with one attached hydrogen (secondary N) is 1. The molecule has 0 aromatic heterocycles. The first-order valence-corrected chi connectivity index (χ1v) is 6.47. The fourth-order valence-electron chi connectivity index (χ4n) is 1.94. The number of aliphatic hydroxyl groups excluding tert-OH is 1. The zero-order valence-corrected chi connectivity index (χ0v) is 11.1. The second-order valence-corrected chi connectivity index (χ2v) is 4.53. The first-order valence-electron chi connectivity index (χ1n) is 6.47. The number of hydrogen-bond donors (Lipinski definition) is 2. The van der Waals surface area contributed by atoms with Crippen molar-refractivity contribution in [3.05, 3.63) is 23.3 Å². The highest BCUT2D eigenvalue weighted by Crippen LogP contribution is 2.32. The third-order valence-corrected chi connectivity index (χ3v) is 3.04. The van der Waals surface area contributed by atoms with E-state index in [0.717, 1.165) is 22.6 Å². The van der Waals surface area contributed by atoms with E-state index in [1.54, 1.807) is 0 Å². The zero-order chi connectivity index (χ0) is 13.7. The van der Waals surface area contributed by atoms with E-state index in [9.17, 15) is 4.79 Å². The number of carbonyl (C=O) groups is 1. The molecule has 1 aromatic carbocycles. The SMILES string of the molecule is Cc1cc2c(cc1CNC(=O)CCCO)OCCO2. The van der Waals surface area contributed by atoms with Gasteiger partial charge in [0.25, 0.3) is 0 Å². The van der Waals surface area contributed by atoms with Crippen molar-refractivity contribution in [1.82, 2.24) is 5.32 Å². The van der Waals surface area contributed by atoms with Crippen molar-refractivity contribution >= 4 is 5.91 Å². The summed E-state index contributed by atoms with van der Waals surface area (Å²) in [6.07, 6.45) is 0.839. The van der Waals surface area contributed by atoms with Crippen LogP contribution >= 0.6 is 0 Å². The number of aryl methyl sites for hydroxylation is 1. The maximum atomic E-state index is 11.5. The minimum absolute atomic E-state index is 0.0382. The summed E-state index contributed by atoms with van der Waals surface area (Å²) in [5.41, 5.74) is 2.08. The van der Waals surface area contributed by atoms with Crippen molar-refractivity contribution in [2.45, 2.75) is 26.3 Å². The fourth-order valence-corrected chi connectivity index (χ4v) is 1.94. The van der Waals surface area contributed by atoms with E-state index in [1.165, 1.54) is 0 Å². The molecule has 0 atom stereocenters. The zero-order valence-electron chi connectivity index (χ0n) is 11.1. The number of aliphatic hydroxyl groups is 1. The van der Waals surface area contributed by atoms with Crippen LogP contribution in [0.4, 0.5) is 0 Å². The van der Waals surface area contributed by atoms with Gasteiger partial charge < -0.3 is 19.9 Å². The highest BCUT2D eigenvalue weighted by molar-refractivity contribution is 5.75. The van der Waals surface area contributed by atoms with E-state index in [0.29, 0.717) is 32.6 Å². The number of hydrogen-bond acceptors (Lipinski definition) is 4. The number of amides is 1. The first kappa shape index (κ1) is 13.7. The first-order chi connectivity index (χ1) is 9.20. The van der Waals surface area contributed by atoms with Gasteiger partial charge in [0, 0.05) is 19.6 Å². The Labute approximate surface area is 112 Å². The van der Waals surface area contributed by atoms with E-state index in [4.69, 9.17) is 14.6 Å². The summed E-state index contributed by atoms with van der Waals surface area (Å²) < 4.78 is 11.0. The largest absolute Gasteiger partial charge is 0.486 e. The summed E-state index contributed by atoms with van der Waals surface area (Å²) in [5.74, 6) is 1.44. The van der Waals surface area contributed by atoms with Gasteiger partial charge in [0.15, 0.2) is 11.5 Å². The Morgan fingerprint density at radius 2 is 2.00 bits per heavy atom. The Morgan fingerprint density at radius 1 is 1.32 bits per heavy atom. The van der Waals surface area contributed by atoms with Gasteiger partial charge in [-0.1, -0.05) is 0 Å². The Hall–Kier alpha value is -1.75. The lowest BCUT2D eigenvalue weighted by atomic mass is 10.1. The topological polar surface area (TPSA) is 67.8 Å². The van der Waals surface area contributed by atoms with Gasteiger partial charge in [0.1, 0.15) is 13.2 Å². The average molecular weight is 265 g/mol. The van der Waals surface area contributed by atoms with Crippen LogP contribution in [0.15, 0.2) is 12.1 Å². The van der Waals surface area contributed by atoms with Crippen molar-refractivity contribution in [2.24, 2.45) is 0 Å². The number of fused-ring (bicyclic) bond motifs is 1. The molecule has 1 aliphatic rings. The summed E-state index contributed by atoms with van der Waals surface area (Å²) in [7, 11) is 0. The molecule has 1 amide bonds. The molecule has 0 aliphatic carbocycles. The molecule has 2 N–H and O–H groups in total. The smallest absolute Gasteiger partial charge is 0.220 e. The number of rotatable bonds is 5. The van der Waals surface area contributed by atoms with E-state index in [1.807, 2.05) is 19.1 Å². The molecular weight excluding hydrogens is 246 g/mol. The predicted octanol–water partition coefficient (Wildman–Crippen LogP) is 1.15. The van der Waals surface area contributed by atoms with Crippen LogP contribution in [0.25, 0.3) is 0 Å². The van der Waals surface area contributed by atoms with Gasteiger partial charge in [0.05, 0.1) is 0 Å². The maximum absolute atomic E-state index is 11.5. The monoisotopic (exact) mass is 265 g/mol. The Kier molecular flexibility index (Phi) is 4.63. The molecule has 0 saturated heterocycles. The number of ether oxygens (including phenoxy) is 2. The molecule has 5 heteroatoms. The van der Waals surface area contributed by atoms with Crippen molar-refractivity contribution < 1.29 is 19.4 Å². The molecule has 5 nitrogen and oxygen atoms in total. The Morgan fingerprint density at radius 3 is 2.68 bits per heavy atom. The molecule has 1 aromatic rings. The molecule has 104 valence electrons. The van der Waals surface area contributed by atoms with Crippen molar-refractivity contribution in [2.75, 3.05) is 19.8 Å². The maximum Gasteiger partial charge on any atom is 0.220 e. The third-order valence-electron chi connectivity index (χ3n) is 3.04. The van der Waals surface area contributed by atoms with Gasteiger partial charge in [0.2, 0.25) is 5.91 Å². The summed E-state index contributed by atoms with van der Waals surface area (Å²) in [6.45, 7) is 3.61. The summed E-state index contributed by atoms with van der Waals surface area (Å²) in [5, 5.41) is 11.5. The molecule has 0 spiro atoms. The molecule has 1 aliphatic heterocycles. The minimum atomic E-state index is -0.0525. The molecule has 0 saturated carbocycles. The van der Waals surface area contributed by atoms with Crippen molar-refractivity contribution in [1.29, 1.82) is 0 Å². The van der Waals surface area contributed by atoms with E-state index >= 15 is 0 Å². The highest BCUT2D eigenvalue weighted by Gasteiger charge is 2.14. The number of benzene rings is 1. The second-order valence-electron chi connectivity index (χ2n) is 4.53. The Balaban J connectivity index is 1.98. The quantitative estimate of drug-likeness (QED) is 0.838. The normalized spacial score (nSPS) is 13.2. The van der Waals surface area contributed by atoms with Gasteiger partial charge in [-0.2, -0.15) is 0 Å². The van der Waals surface area contributed by atoms with Crippen LogP contribution in [0.2, 0.25) is 0 Å². The predicted molar refractivity (Wildman–Crippen MR) is 70.3 cm³/mol. The van der Waals surface area contributed by atoms with Crippen LogP contribution in [-0.2, 0) is 11.3 Å². The Bertz CT molecular complexity index is 459. The summed E-state index contributed by atoms with van der Waals surface area (Å²) in [6, 6.07) is 3.85. The highest BCUT2D eigenvalue weighted by atomic mass is 16.6. The minimum Gasteiger partial charge on any atom is -0.486 e. The molecule has 0 fully saturated rings. The lowest BCUT2D eigenvalue weighted by Crippen LogP contribution is -2.23. The van der Waals surface area contributed by atoms with Gasteiger partial charge in [-0.25, -0.2) is 0 Å². The van der Waals surface area contributed by atoms with Crippen LogP contribution in [0.5, 0.6) is 11.5 Å². The molecular formula is C14H19NO4. The standard InChI is InChI=1S/C14H19NO4/c1-10-7-12-13(19-6-5-18-12)8-11(10)9-15-14(17)3-2-4-16/h7-8,16H,2-6,9H2,1H3,(H,15,17). The van der Waals surface area contributed by atoms with E-state index in [2.05, 4.69) is 5.32 Å². The molecule has 0 radical (unpaired) electrons. The van der Waals surface area contributed by atoms with Gasteiger partial charge in [-0.05, 0) is 36.6 Å².